The first-order valence-electron chi connectivity index (χ1n) is 5.61. The first kappa shape index (κ1) is 14.6. The van der Waals surface area contributed by atoms with Gasteiger partial charge in [-0.15, -0.1) is 0 Å². The standard InChI is InChI=1S/C12H16N2O3S/c1-2-17-7-8-18(15,16)14-10-12-5-3-11(9-13)4-6-12/h3-6,14H,2,7-8,10H2,1H3. The van der Waals surface area contributed by atoms with E-state index in [0.29, 0.717) is 12.2 Å². The minimum atomic E-state index is -3.31. The van der Waals surface area contributed by atoms with Crippen LogP contribution in [0.2, 0.25) is 0 Å². The van der Waals surface area contributed by atoms with Crippen LogP contribution in [0.15, 0.2) is 24.3 Å². The van der Waals surface area contributed by atoms with Crippen LogP contribution in [0.25, 0.3) is 0 Å². The normalized spacial score (nSPS) is 11.1. The second kappa shape index (κ2) is 7.11. The Kier molecular flexibility index (Phi) is 5.78. The van der Waals surface area contributed by atoms with Gasteiger partial charge in [0.1, 0.15) is 0 Å². The number of benzene rings is 1. The molecular weight excluding hydrogens is 252 g/mol. The van der Waals surface area contributed by atoms with E-state index in [1.807, 2.05) is 13.0 Å². The van der Waals surface area contributed by atoms with Crippen LogP contribution in [0.3, 0.4) is 0 Å². The number of nitrogens with zero attached hydrogens (tertiary/aromatic N) is 1. The molecule has 1 aromatic carbocycles. The molecule has 0 heterocycles. The van der Waals surface area contributed by atoms with Gasteiger partial charge in [-0.05, 0) is 24.6 Å². The van der Waals surface area contributed by atoms with E-state index in [9.17, 15) is 8.42 Å². The monoisotopic (exact) mass is 268 g/mol. The van der Waals surface area contributed by atoms with Crippen LogP contribution < -0.4 is 4.72 Å². The fraction of sp³-hybridized carbons (Fsp3) is 0.417. The van der Waals surface area contributed by atoms with E-state index < -0.39 is 10.0 Å². The fourth-order valence-corrected chi connectivity index (χ4v) is 2.14. The molecule has 0 bridgehead atoms. The Bertz CT molecular complexity index is 503. The van der Waals surface area contributed by atoms with E-state index >= 15 is 0 Å². The molecule has 0 spiro atoms. The minimum absolute atomic E-state index is 0.0445. The van der Waals surface area contributed by atoms with Gasteiger partial charge in [-0.1, -0.05) is 12.1 Å². The van der Waals surface area contributed by atoms with Crippen LogP contribution in [0.5, 0.6) is 0 Å². The first-order chi connectivity index (χ1) is 8.57. The average Bonchev–Trinajstić information content (AvgIpc) is 2.37. The third-order valence-electron chi connectivity index (χ3n) is 2.28. The summed E-state index contributed by atoms with van der Waals surface area (Å²) in [5, 5.41) is 8.63. The van der Waals surface area contributed by atoms with Gasteiger partial charge in [-0.3, -0.25) is 0 Å². The van der Waals surface area contributed by atoms with Crippen molar-refractivity contribution in [2.75, 3.05) is 19.0 Å². The van der Waals surface area contributed by atoms with Gasteiger partial charge in [0.25, 0.3) is 0 Å². The molecule has 0 amide bonds. The van der Waals surface area contributed by atoms with E-state index in [-0.39, 0.29) is 18.9 Å². The predicted octanol–water partition coefficient (Wildman–Crippen LogP) is 1.01. The van der Waals surface area contributed by atoms with Crippen LogP contribution in [0.4, 0.5) is 0 Å². The van der Waals surface area contributed by atoms with E-state index in [4.69, 9.17) is 10.00 Å². The molecule has 0 saturated heterocycles. The number of nitriles is 1. The Hall–Kier alpha value is -1.42. The highest BCUT2D eigenvalue weighted by molar-refractivity contribution is 7.89. The Labute approximate surface area is 107 Å². The van der Waals surface area contributed by atoms with Crippen LogP contribution in [-0.4, -0.2) is 27.4 Å². The van der Waals surface area contributed by atoms with E-state index in [1.54, 1.807) is 24.3 Å². The van der Waals surface area contributed by atoms with E-state index in [2.05, 4.69) is 4.72 Å². The summed E-state index contributed by atoms with van der Waals surface area (Å²) in [5.74, 6) is -0.0445. The maximum absolute atomic E-state index is 11.6. The molecule has 5 nitrogen and oxygen atoms in total. The molecule has 0 atom stereocenters. The summed E-state index contributed by atoms with van der Waals surface area (Å²) >= 11 is 0. The Balaban J connectivity index is 2.46. The quantitative estimate of drug-likeness (QED) is 0.749. The van der Waals surface area contributed by atoms with Crippen molar-refractivity contribution >= 4 is 10.0 Å². The summed E-state index contributed by atoms with van der Waals surface area (Å²) in [4.78, 5) is 0. The topological polar surface area (TPSA) is 79.2 Å². The summed E-state index contributed by atoms with van der Waals surface area (Å²) in [5.41, 5.74) is 1.37. The molecule has 18 heavy (non-hydrogen) atoms. The lowest BCUT2D eigenvalue weighted by molar-refractivity contribution is 0.163. The number of hydrogen-bond donors (Lipinski definition) is 1. The fourth-order valence-electron chi connectivity index (χ4n) is 1.28. The molecule has 0 unspecified atom stereocenters. The van der Waals surface area contributed by atoms with Gasteiger partial charge in [0.2, 0.25) is 10.0 Å². The highest BCUT2D eigenvalue weighted by Crippen LogP contribution is 2.03. The zero-order valence-corrected chi connectivity index (χ0v) is 11.0. The maximum Gasteiger partial charge on any atom is 0.214 e. The van der Waals surface area contributed by atoms with Gasteiger partial charge in [-0.25, -0.2) is 13.1 Å². The first-order valence-corrected chi connectivity index (χ1v) is 7.26. The summed E-state index contributed by atoms with van der Waals surface area (Å²) in [6, 6.07) is 8.77. The Morgan fingerprint density at radius 1 is 1.33 bits per heavy atom. The second-order valence-corrected chi connectivity index (χ2v) is 5.57. The molecule has 1 N–H and O–H groups in total. The predicted molar refractivity (Wildman–Crippen MR) is 68.3 cm³/mol. The van der Waals surface area contributed by atoms with Crippen LogP contribution in [0.1, 0.15) is 18.1 Å². The largest absolute Gasteiger partial charge is 0.381 e. The van der Waals surface area contributed by atoms with Crippen molar-refractivity contribution in [3.05, 3.63) is 35.4 Å². The molecule has 0 aromatic heterocycles. The minimum Gasteiger partial charge on any atom is -0.381 e. The SMILES string of the molecule is CCOCCS(=O)(=O)NCc1ccc(C#N)cc1. The van der Waals surface area contributed by atoms with E-state index in [1.165, 1.54) is 0 Å². The summed E-state index contributed by atoms with van der Waals surface area (Å²) in [6.45, 7) is 2.74. The number of hydrogen-bond acceptors (Lipinski definition) is 4. The molecule has 0 saturated carbocycles. The zero-order chi connectivity index (χ0) is 13.4. The van der Waals surface area contributed by atoms with Crippen molar-refractivity contribution in [1.29, 1.82) is 5.26 Å². The van der Waals surface area contributed by atoms with Crippen LogP contribution in [-0.2, 0) is 21.3 Å². The zero-order valence-electron chi connectivity index (χ0n) is 10.2. The molecular formula is C12H16N2O3S. The van der Waals surface area contributed by atoms with Crippen molar-refractivity contribution in [3.8, 4) is 6.07 Å². The van der Waals surface area contributed by atoms with Crippen LogP contribution >= 0.6 is 0 Å². The van der Waals surface area contributed by atoms with Gasteiger partial charge in [0.05, 0.1) is 24.0 Å². The van der Waals surface area contributed by atoms with Gasteiger partial charge in [0, 0.05) is 13.2 Å². The van der Waals surface area contributed by atoms with Gasteiger partial charge < -0.3 is 4.74 Å². The van der Waals surface area contributed by atoms with Gasteiger partial charge >= 0.3 is 0 Å². The lowest BCUT2D eigenvalue weighted by Crippen LogP contribution is -2.28. The van der Waals surface area contributed by atoms with Crippen molar-refractivity contribution in [3.63, 3.8) is 0 Å². The molecule has 0 radical (unpaired) electrons. The number of nitrogens with one attached hydrogen (secondary N) is 1. The van der Waals surface area contributed by atoms with Crippen molar-refractivity contribution in [2.24, 2.45) is 0 Å². The smallest absolute Gasteiger partial charge is 0.214 e. The lowest BCUT2D eigenvalue weighted by atomic mass is 10.1. The molecule has 1 aromatic rings. The van der Waals surface area contributed by atoms with E-state index in [0.717, 1.165) is 5.56 Å². The summed E-state index contributed by atoms with van der Waals surface area (Å²) in [6.07, 6.45) is 0. The summed E-state index contributed by atoms with van der Waals surface area (Å²) in [7, 11) is -3.31. The highest BCUT2D eigenvalue weighted by atomic mass is 32.2. The lowest BCUT2D eigenvalue weighted by Gasteiger charge is -2.06. The Morgan fingerprint density at radius 3 is 2.56 bits per heavy atom. The molecule has 98 valence electrons. The van der Waals surface area contributed by atoms with Crippen molar-refractivity contribution in [1.82, 2.24) is 4.72 Å². The molecule has 0 fully saturated rings. The second-order valence-electron chi connectivity index (χ2n) is 3.65. The molecule has 0 aliphatic rings. The molecule has 6 heteroatoms. The average molecular weight is 268 g/mol. The van der Waals surface area contributed by atoms with Crippen molar-refractivity contribution in [2.45, 2.75) is 13.5 Å². The van der Waals surface area contributed by atoms with Crippen LogP contribution in [0, 0.1) is 11.3 Å². The number of rotatable bonds is 7. The molecule has 0 aliphatic heterocycles. The van der Waals surface area contributed by atoms with Gasteiger partial charge in [-0.2, -0.15) is 5.26 Å². The van der Waals surface area contributed by atoms with Crippen molar-refractivity contribution < 1.29 is 13.2 Å². The highest BCUT2D eigenvalue weighted by Gasteiger charge is 2.09. The third kappa shape index (κ3) is 5.27. The molecule has 1 rings (SSSR count). The number of ether oxygens (including phenoxy) is 1. The Morgan fingerprint density at radius 2 is 2.00 bits per heavy atom. The molecule has 0 aliphatic carbocycles. The maximum atomic E-state index is 11.6. The summed E-state index contributed by atoms with van der Waals surface area (Å²) < 4.78 is 30.6. The third-order valence-corrected chi connectivity index (χ3v) is 3.57. The van der Waals surface area contributed by atoms with Gasteiger partial charge in [0.15, 0.2) is 0 Å². The number of sulfonamides is 1.